The summed E-state index contributed by atoms with van der Waals surface area (Å²) in [6.07, 6.45) is 6.77. The van der Waals surface area contributed by atoms with Crippen molar-refractivity contribution in [1.29, 1.82) is 0 Å². The van der Waals surface area contributed by atoms with E-state index in [0.717, 1.165) is 5.56 Å². The van der Waals surface area contributed by atoms with Crippen molar-refractivity contribution in [2.75, 3.05) is 6.61 Å². The van der Waals surface area contributed by atoms with Crippen LogP contribution < -0.4 is 0 Å². The average molecular weight is 232 g/mol. The van der Waals surface area contributed by atoms with Gasteiger partial charge in [0.15, 0.2) is 0 Å². The van der Waals surface area contributed by atoms with E-state index in [-0.39, 0.29) is 18.3 Å². The number of hydrogen-bond acceptors (Lipinski definition) is 2. The van der Waals surface area contributed by atoms with Gasteiger partial charge in [-0.2, -0.15) is 0 Å². The number of epoxide rings is 1. The molecule has 0 bridgehead atoms. The summed E-state index contributed by atoms with van der Waals surface area (Å²) in [5.74, 6) is 0.649. The first-order valence-corrected chi connectivity index (χ1v) is 6.71. The van der Waals surface area contributed by atoms with Crippen molar-refractivity contribution in [3.05, 3.63) is 35.9 Å². The Balaban J connectivity index is 1.78. The number of aliphatic hydroxyl groups excluding tert-OH is 1. The Morgan fingerprint density at radius 1 is 1.12 bits per heavy atom. The van der Waals surface area contributed by atoms with Crippen molar-refractivity contribution in [3.8, 4) is 0 Å². The van der Waals surface area contributed by atoms with Gasteiger partial charge >= 0.3 is 0 Å². The fourth-order valence-corrected chi connectivity index (χ4v) is 3.28. The van der Waals surface area contributed by atoms with Crippen molar-refractivity contribution in [1.82, 2.24) is 0 Å². The fourth-order valence-electron chi connectivity index (χ4n) is 3.28. The van der Waals surface area contributed by atoms with E-state index in [1.54, 1.807) is 0 Å². The Morgan fingerprint density at radius 2 is 1.82 bits per heavy atom. The van der Waals surface area contributed by atoms with Gasteiger partial charge in [-0.1, -0.05) is 49.6 Å². The lowest BCUT2D eigenvalue weighted by molar-refractivity contribution is 0.171. The highest BCUT2D eigenvalue weighted by Crippen LogP contribution is 2.52. The molecule has 1 aromatic carbocycles. The van der Waals surface area contributed by atoms with Gasteiger partial charge in [0.2, 0.25) is 0 Å². The average Bonchev–Trinajstić information content (AvgIpc) is 3.17. The number of hydrogen-bond donors (Lipinski definition) is 1. The molecule has 0 spiro atoms. The van der Waals surface area contributed by atoms with Gasteiger partial charge in [0.05, 0.1) is 12.7 Å². The quantitative estimate of drug-likeness (QED) is 0.813. The van der Waals surface area contributed by atoms with Gasteiger partial charge in [0.25, 0.3) is 0 Å². The van der Waals surface area contributed by atoms with Crippen LogP contribution in [0.3, 0.4) is 0 Å². The van der Waals surface area contributed by atoms with E-state index in [9.17, 15) is 5.11 Å². The largest absolute Gasteiger partial charge is 0.393 e. The molecular weight excluding hydrogens is 212 g/mol. The Bertz CT molecular complexity index is 370. The summed E-state index contributed by atoms with van der Waals surface area (Å²) in [6, 6.07) is 10.2. The first-order chi connectivity index (χ1) is 8.37. The summed E-state index contributed by atoms with van der Waals surface area (Å²) in [5.41, 5.74) is 0.751. The third-order valence-corrected chi connectivity index (χ3v) is 4.31. The molecule has 0 amide bonds. The molecule has 17 heavy (non-hydrogen) atoms. The smallest absolute Gasteiger partial charge is 0.143 e. The summed E-state index contributed by atoms with van der Waals surface area (Å²) < 4.78 is 5.93. The molecule has 1 saturated carbocycles. The molecular formula is C15H20O2. The van der Waals surface area contributed by atoms with E-state index in [2.05, 4.69) is 12.1 Å². The standard InChI is InChI=1S/C15H20O2/c16-11-15(13-9-5-2-6-10-13)14(17-15)12-7-3-1-4-8-12/h2,5-6,9-10,12,14,16H,1,3-4,7-8,11H2. The van der Waals surface area contributed by atoms with Gasteiger partial charge in [0, 0.05) is 0 Å². The highest BCUT2D eigenvalue weighted by molar-refractivity contribution is 5.30. The van der Waals surface area contributed by atoms with E-state index < -0.39 is 0 Å². The molecule has 2 aliphatic rings. The van der Waals surface area contributed by atoms with Crippen LogP contribution in [0.1, 0.15) is 37.7 Å². The molecule has 1 saturated heterocycles. The summed E-state index contributed by atoms with van der Waals surface area (Å²) in [5, 5.41) is 9.69. The van der Waals surface area contributed by atoms with Gasteiger partial charge in [-0.3, -0.25) is 0 Å². The van der Waals surface area contributed by atoms with Crippen LogP contribution in [-0.4, -0.2) is 17.8 Å². The zero-order chi connectivity index (χ0) is 11.7. The monoisotopic (exact) mass is 232 g/mol. The van der Waals surface area contributed by atoms with Crippen molar-refractivity contribution in [2.45, 2.75) is 43.8 Å². The molecule has 2 nitrogen and oxygen atoms in total. The predicted octanol–water partition coefficient (Wildman–Crippen LogP) is 2.85. The van der Waals surface area contributed by atoms with Crippen LogP contribution in [0.2, 0.25) is 0 Å². The lowest BCUT2D eigenvalue weighted by atomic mass is 9.81. The highest BCUT2D eigenvalue weighted by Gasteiger charge is 2.60. The Hall–Kier alpha value is -0.860. The molecule has 3 rings (SSSR count). The molecule has 1 aliphatic heterocycles. The van der Waals surface area contributed by atoms with Crippen LogP contribution in [-0.2, 0) is 10.3 Å². The highest BCUT2D eigenvalue weighted by atomic mass is 16.6. The van der Waals surface area contributed by atoms with Gasteiger partial charge in [0.1, 0.15) is 5.60 Å². The Kier molecular flexibility index (Phi) is 2.93. The molecule has 2 atom stereocenters. The Labute approximate surface area is 103 Å². The minimum Gasteiger partial charge on any atom is -0.393 e. The molecule has 1 aliphatic carbocycles. The van der Waals surface area contributed by atoms with E-state index in [1.807, 2.05) is 18.2 Å². The second-order valence-electron chi connectivity index (χ2n) is 5.35. The predicted molar refractivity (Wildman–Crippen MR) is 66.7 cm³/mol. The zero-order valence-electron chi connectivity index (χ0n) is 10.1. The van der Waals surface area contributed by atoms with Crippen LogP contribution in [0.15, 0.2) is 30.3 Å². The second kappa shape index (κ2) is 4.43. The summed E-state index contributed by atoms with van der Waals surface area (Å²) in [6.45, 7) is 0.109. The van der Waals surface area contributed by atoms with Gasteiger partial charge in [-0.25, -0.2) is 0 Å². The molecule has 2 heteroatoms. The van der Waals surface area contributed by atoms with E-state index in [1.165, 1.54) is 32.1 Å². The molecule has 1 aromatic rings. The lowest BCUT2D eigenvalue weighted by Gasteiger charge is -2.21. The zero-order valence-corrected chi connectivity index (χ0v) is 10.1. The number of rotatable bonds is 3. The van der Waals surface area contributed by atoms with Crippen molar-refractivity contribution in [3.63, 3.8) is 0 Å². The SMILES string of the molecule is OCC1(c2ccccc2)OC1C1CCCCC1. The van der Waals surface area contributed by atoms with Crippen LogP contribution in [0.5, 0.6) is 0 Å². The van der Waals surface area contributed by atoms with Crippen LogP contribution >= 0.6 is 0 Å². The van der Waals surface area contributed by atoms with Gasteiger partial charge in [-0.05, 0) is 24.3 Å². The molecule has 1 heterocycles. The van der Waals surface area contributed by atoms with Crippen molar-refractivity contribution in [2.24, 2.45) is 5.92 Å². The minimum atomic E-state index is -0.386. The summed E-state index contributed by atoms with van der Waals surface area (Å²) in [4.78, 5) is 0. The van der Waals surface area contributed by atoms with E-state index in [4.69, 9.17) is 4.74 Å². The lowest BCUT2D eigenvalue weighted by Crippen LogP contribution is -2.24. The van der Waals surface area contributed by atoms with Crippen LogP contribution in [0, 0.1) is 5.92 Å². The van der Waals surface area contributed by atoms with Crippen molar-refractivity contribution < 1.29 is 9.84 Å². The van der Waals surface area contributed by atoms with Gasteiger partial charge < -0.3 is 9.84 Å². The van der Waals surface area contributed by atoms with E-state index >= 15 is 0 Å². The van der Waals surface area contributed by atoms with E-state index in [0.29, 0.717) is 5.92 Å². The van der Waals surface area contributed by atoms with Crippen LogP contribution in [0.4, 0.5) is 0 Å². The number of aliphatic hydroxyl groups is 1. The molecule has 92 valence electrons. The Morgan fingerprint density at radius 3 is 2.47 bits per heavy atom. The molecule has 1 N–H and O–H groups in total. The maximum Gasteiger partial charge on any atom is 0.143 e. The maximum absolute atomic E-state index is 9.69. The molecule has 0 aromatic heterocycles. The fraction of sp³-hybridized carbons (Fsp3) is 0.600. The molecule has 0 radical (unpaired) electrons. The van der Waals surface area contributed by atoms with Gasteiger partial charge in [-0.15, -0.1) is 0 Å². The number of ether oxygens (including phenoxy) is 1. The molecule has 2 fully saturated rings. The topological polar surface area (TPSA) is 32.8 Å². The first-order valence-electron chi connectivity index (χ1n) is 6.71. The maximum atomic E-state index is 9.69. The third-order valence-electron chi connectivity index (χ3n) is 4.31. The minimum absolute atomic E-state index is 0.109. The van der Waals surface area contributed by atoms with Crippen molar-refractivity contribution >= 4 is 0 Å². The third kappa shape index (κ3) is 1.90. The second-order valence-corrected chi connectivity index (χ2v) is 5.35. The summed E-state index contributed by atoms with van der Waals surface area (Å²) >= 11 is 0. The van der Waals surface area contributed by atoms with Crippen LogP contribution in [0.25, 0.3) is 0 Å². The first kappa shape index (κ1) is 11.2. The summed E-state index contributed by atoms with van der Waals surface area (Å²) in [7, 11) is 0. The normalized spacial score (nSPS) is 33.6. The molecule has 2 unspecified atom stereocenters. The number of benzene rings is 1.